The van der Waals surface area contributed by atoms with E-state index in [-0.39, 0.29) is 63.0 Å². The lowest BCUT2D eigenvalue weighted by molar-refractivity contribution is -0.180. The quantitative estimate of drug-likeness (QED) is 0.533. The molecule has 2 fully saturated rings. The Morgan fingerprint density at radius 1 is 1.19 bits per heavy atom. The van der Waals surface area contributed by atoms with Gasteiger partial charge in [-0.3, -0.25) is 24.3 Å². The third kappa shape index (κ3) is 6.00. The minimum atomic E-state index is -3.22. The maximum absolute atomic E-state index is 15.0. The maximum Gasteiger partial charge on any atom is 0.414 e. The SMILES string of the molecule is O=C(NC[C@H]1CN(c2cc(F)c(N3CCON(C(=O)CC4=NCCS4)CC3)c(F)c2)C(=O)O1)C(F)F. The number of rotatable bonds is 7. The van der Waals surface area contributed by atoms with E-state index >= 15 is 8.78 Å². The van der Waals surface area contributed by atoms with Gasteiger partial charge < -0.3 is 15.0 Å². The molecule has 1 atom stereocenters. The highest BCUT2D eigenvalue weighted by atomic mass is 32.2. The summed E-state index contributed by atoms with van der Waals surface area (Å²) in [7, 11) is 0. The standard InChI is InChI=1S/C21H23F4N5O5S/c22-14-7-12(29-11-13(35-21(29)33)10-27-20(32)19(24)25)8-15(23)18(14)28-2-3-30(34-5-4-28)17(31)9-16-26-1-6-36-16/h7-8,13,19H,1-6,9-11H2,(H,27,32)/t13-/m0/s1. The molecule has 1 aromatic carbocycles. The number of ether oxygens (including phenoxy) is 1. The molecule has 10 nitrogen and oxygen atoms in total. The van der Waals surface area contributed by atoms with Crippen LogP contribution in [-0.4, -0.2) is 92.2 Å². The van der Waals surface area contributed by atoms with Gasteiger partial charge in [-0.2, -0.15) is 8.78 Å². The molecule has 1 aromatic rings. The van der Waals surface area contributed by atoms with Crippen LogP contribution in [0, 0.1) is 11.6 Å². The molecule has 0 bridgehead atoms. The van der Waals surface area contributed by atoms with E-state index in [0.717, 1.165) is 27.8 Å². The molecule has 15 heteroatoms. The Labute approximate surface area is 207 Å². The van der Waals surface area contributed by atoms with Crippen molar-refractivity contribution in [2.45, 2.75) is 19.0 Å². The van der Waals surface area contributed by atoms with Gasteiger partial charge in [0.25, 0.3) is 11.8 Å². The summed E-state index contributed by atoms with van der Waals surface area (Å²) in [6.07, 6.45) is -5.00. The van der Waals surface area contributed by atoms with Gasteiger partial charge in [0.2, 0.25) is 0 Å². The predicted octanol–water partition coefficient (Wildman–Crippen LogP) is 1.79. The van der Waals surface area contributed by atoms with Gasteiger partial charge in [-0.15, -0.1) is 11.8 Å². The molecule has 3 heterocycles. The number of alkyl halides is 2. The lowest BCUT2D eigenvalue weighted by Gasteiger charge is -2.24. The van der Waals surface area contributed by atoms with Crippen molar-refractivity contribution in [3.63, 3.8) is 0 Å². The monoisotopic (exact) mass is 533 g/mol. The summed E-state index contributed by atoms with van der Waals surface area (Å²) >= 11 is 1.51. The number of carbonyl (C=O) groups is 3. The van der Waals surface area contributed by atoms with E-state index in [0.29, 0.717) is 6.54 Å². The van der Waals surface area contributed by atoms with Crippen LogP contribution in [0.5, 0.6) is 0 Å². The summed E-state index contributed by atoms with van der Waals surface area (Å²) in [5, 5.41) is 3.85. The zero-order chi connectivity index (χ0) is 25.8. The maximum atomic E-state index is 15.0. The molecule has 2 saturated heterocycles. The molecule has 0 aliphatic carbocycles. The van der Waals surface area contributed by atoms with Crippen LogP contribution in [0.2, 0.25) is 0 Å². The van der Waals surface area contributed by atoms with E-state index in [1.165, 1.54) is 21.7 Å². The molecule has 3 aliphatic heterocycles. The number of halogens is 4. The van der Waals surface area contributed by atoms with Crippen LogP contribution in [0.3, 0.4) is 0 Å². The number of anilines is 2. The molecule has 36 heavy (non-hydrogen) atoms. The average Bonchev–Trinajstić information content (AvgIpc) is 3.40. The van der Waals surface area contributed by atoms with Gasteiger partial charge in [-0.1, -0.05) is 0 Å². The lowest BCUT2D eigenvalue weighted by atomic mass is 10.2. The number of carbonyl (C=O) groups excluding carboxylic acids is 3. The number of aliphatic imine (C=N–C) groups is 1. The van der Waals surface area contributed by atoms with Gasteiger partial charge in [0.1, 0.15) is 11.8 Å². The fourth-order valence-electron chi connectivity index (χ4n) is 3.91. The van der Waals surface area contributed by atoms with Crippen LogP contribution in [0.25, 0.3) is 0 Å². The average molecular weight is 534 g/mol. The van der Waals surface area contributed by atoms with E-state index < -0.39 is 36.2 Å². The van der Waals surface area contributed by atoms with Crippen molar-refractivity contribution < 1.29 is 41.5 Å². The summed E-state index contributed by atoms with van der Waals surface area (Å²) < 4.78 is 59.7. The summed E-state index contributed by atoms with van der Waals surface area (Å²) in [5.74, 6) is -2.85. The smallest absolute Gasteiger partial charge is 0.414 e. The first kappa shape index (κ1) is 26.0. The highest BCUT2D eigenvalue weighted by Gasteiger charge is 2.34. The third-order valence-electron chi connectivity index (χ3n) is 5.62. The number of hydrogen-bond donors (Lipinski definition) is 1. The van der Waals surface area contributed by atoms with Gasteiger partial charge in [0, 0.05) is 37.5 Å². The van der Waals surface area contributed by atoms with E-state index in [2.05, 4.69) is 4.99 Å². The molecular formula is C21H23F4N5O5S. The van der Waals surface area contributed by atoms with Crippen molar-refractivity contribution in [2.24, 2.45) is 4.99 Å². The molecule has 4 rings (SSSR count). The molecule has 0 aromatic heterocycles. The lowest BCUT2D eigenvalue weighted by Crippen LogP contribution is -2.37. The predicted molar refractivity (Wildman–Crippen MR) is 122 cm³/mol. The van der Waals surface area contributed by atoms with Crippen molar-refractivity contribution >= 4 is 46.1 Å². The second-order valence-electron chi connectivity index (χ2n) is 8.04. The van der Waals surface area contributed by atoms with Crippen LogP contribution >= 0.6 is 11.8 Å². The van der Waals surface area contributed by atoms with Crippen molar-refractivity contribution in [1.82, 2.24) is 10.4 Å². The normalized spacial score (nSPS) is 20.5. The van der Waals surface area contributed by atoms with Gasteiger partial charge >= 0.3 is 12.5 Å². The number of hydrogen-bond acceptors (Lipinski definition) is 8. The summed E-state index contributed by atoms with van der Waals surface area (Å²) in [4.78, 5) is 47.7. The van der Waals surface area contributed by atoms with Gasteiger partial charge in [0.15, 0.2) is 11.6 Å². The first-order valence-corrected chi connectivity index (χ1v) is 12.1. The number of thioether (sulfide) groups is 1. The highest BCUT2D eigenvalue weighted by Crippen LogP contribution is 2.31. The molecule has 1 N–H and O–H groups in total. The fraction of sp³-hybridized carbons (Fsp3) is 0.524. The van der Waals surface area contributed by atoms with Crippen molar-refractivity contribution in [1.29, 1.82) is 0 Å². The number of amides is 3. The minimum Gasteiger partial charge on any atom is -0.442 e. The van der Waals surface area contributed by atoms with E-state index in [1.54, 1.807) is 0 Å². The Morgan fingerprint density at radius 3 is 2.61 bits per heavy atom. The molecule has 3 amide bonds. The van der Waals surface area contributed by atoms with Crippen molar-refractivity contribution in [3.05, 3.63) is 23.8 Å². The third-order valence-corrected chi connectivity index (χ3v) is 6.61. The first-order valence-electron chi connectivity index (χ1n) is 11.1. The molecule has 196 valence electrons. The van der Waals surface area contributed by atoms with Crippen molar-refractivity contribution in [3.8, 4) is 0 Å². The van der Waals surface area contributed by atoms with Crippen LogP contribution in [0.1, 0.15) is 6.42 Å². The summed E-state index contributed by atoms with van der Waals surface area (Å²) in [6, 6.07) is 1.92. The Balaban J connectivity index is 1.39. The Morgan fingerprint density at radius 2 is 1.94 bits per heavy atom. The fourth-order valence-corrected chi connectivity index (χ4v) is 4.74. The molecule has 3 aliphatic rings. The van der Waals surface area contributed by atoms with Gasteiger partial charge in [-0.05, 0) is 0 Å². The summed E-state index contributed by atoms with van der Waals surface area (Å²) in [5.41, 5.74) is -0.458. The number of hydroxylamine groups is 2. The number of cyclic esters (lactones) is 1. The summed E-state index contributed by atoms with van der Waals surface area (Å²) in [6.45, 7) is 0.433. The van der Waals surface area contributed by atoms with E-state index in [9.17, 15) is 23.2 Å². The zero-order valence-corrected chi connectivity index (χ0v) is 19.7. The van der Waals surface area contributed by atoms with Crippen LogP contribution in [0.15, 0.2) is 17.1 Å². The minimum absolute atomic E-state index is 0.0243. The highest BCUT2D eigenvalue weighted by molar-refractivity contribution is 8.14. The van der Waals surface area contributed by atoms with Gasteiger partial charge in [-0.25, -0.2) is 18.6 Å². The molecule has 0 unspecified atom stereocenters. The number of benzene rings is 1. The zero-order valence-electron chi connectivity index (χ0n) is 18.9. The first-order chi connectivity index (χ1) is 17.2. The Bertz CT molecular complexity index is 1040. The molecular weight excluding hydrogens is 510 g/mol. The van der Waals surface area contributed by atoms with Gasteiger partial charge in [0.05, 0.1) is 43.4 Å². The Kier molecular flexibility index (Phi) is 8.18. The largest absolute Gasteiger partial charge is 0.442 e. The Hall–Kier alpha value is -3.07. The van der Waals surface area contributed by atoms with Crippen molar-refractivity contribution in [2.75, 3.05) is 61.4 Å². The second kappa shape index (κ2) is 11.3. The van der Waals surface area contributed by atoms with E-state index in [4.69, 9.17) is 9.57 Å². The van der Waals surface area contributed by atoms with Crippen LogP contribution in [0.4, 0.5) is 33.7 Å². The van der Waals surface area contributed by atoms with Crippen LogP contribution < -0.4 is 15.1 Å². The van der Waals surface area contributed by atoms with E-state index in [1.807, 2.05) is 5.32 Å². The van der Waals surface area contributed by atoms with Crippen LogP contribution in [-0.2, 0) is 19.2 Å². The molecule has 0 saturated carbocycles. The second-order valence-corrected chi connectivity index (χ2v) is 9.21. The molecule has 0 radical (unpaired) electrons. The number of nitrogens with zero attached hydrogens (tertiary/aromatic N) is 4. The number of nitrogens with one attached hydrogen (secondary N) is 1. The topological polar surface area (TPSA) is 104 Å². The molecule has 0 spiro atoms.